The van der Waals surface area contributed by atoms with Gasteiger partial charge in [-0.3, -0.25) is 0 Å². The Hall–Kier alpha value is -1.46. The number of nitrogens with zero attached hydrogens (tertiary/aromatic N) is 2. The molecule has 0 radical (unpaired) electrons. The third kappa shape index (κ3) is 4.53. The first-order valence-corrected chi connectivity index (χ1v) is 5.01. The zero-order valence-electron chi connectivity index (χ0n) is 8.64. The number of hydrogen-bond acceptors (Lipinski definition) is 4. The highest BCUT2D eigenvalue weighted by Crippen LogP contribution is 2.21. The van der Waals surface area contributed by atoms with Gasteiger partial charge in [-0.15, -0.1) is 0 Å². The Morgan fingerprint density at radius 1 is 1.20 bits per heavy atom. The normalized spacial score (nSPS) is 16.9. The highest BCUT2D eigenvalue weighted by atomic mass is 16.6. The van der Waals surface area contributed by atoms with Crippen molar-refractivity contribution in [1.29, 1.82) is 0 Å². The summed E-state index contributed by atoms with van der Waals surface area (Å²) in [6.45, 7) is 1.85. The van der Waals surface area contributed by atoms with Gasteiger partial charge in [0.05, 0.1) is 6.61 Å². The first-order valence-electron chi connectivity index (χ1n) is 5.01. The molecule has 0 atom stereocenters. The molecule has 1 rings (SSSR count). The smallest absolute Gasteiger partial charge is 0.447 e. The van der Waals surface area contributed by atoms with Gasteiger partial charge in [0.1, 0.15) is 6.10 Å². The number of carbonyl (C=O) groups excluding carboxylic acids is 2. The molecule has 1 aliphatic rings. The van der Waals surface area contributed by atoms with Gasteiger partial charge in [-0.25, -0.2) is 9.59 Å². The van der Waals surface area contributed by atoms with Gasteiger partial charge in [0.15, 0.2) is 0 Å². The van der Waals surface area contributed by atoms with Crippen LogP contribution in [-0.4, -0.2) is 24.9 Å². The minimum absolute atomic E-state index is 0.0707. The third-order valence-electron chi connectivity index (χ3n) is 2.05. The van der Waals surface area contributed by atoms with Crippen LogP contribution in [0.4, 0.5) is 9.59 Å². The standard InChI is InChI=1S/C9H14N2O4/c1-2-14-8(12)10-11-9(13)15-7-5-3-4-6-7/h7H,2-6H2,1H3/b11-10+. The van der Waals surface area contributed by atoms with E-state index in [9.17, 15) is 9.59 Å². The van der Waals surface area contributed by atoms with Gasteiger partial charge < -0.3 is 9.47 Å². The maximum absolute atomic E-state index is 11.0. The lowest BCUT2D eigenvalue weighted by Crippen LogP contribution is -2.11. The van der Waals surface area contributed by atoms with Crippen molar-refractivity contribution in [2.75, 3.05) is 6.61 Å². The summed E-state index contributed by atoms with van der Waals surface area (Å²) in [5, 5.41) is 6.14. The summed E-state index contributed by atoms with van der Waals surface area (Å²) < 4.78 is 9.39. The number of rotatable bonds is 2. The lowest BCUT2D eigenvalue weighted by atomic mass is 10.3. The zero-order chi connectivity index (χ0) is 11.1. The molecular formula is C9H14N2O4. The Morgan fingerprint density at radius 2 is 1.80 bits per heavy atom. The van der Waals surface area contributed by atoms with Crippen LogP contribution >= 0.6 is 0 Å². The predicted octanol–water partition coefficient (Wildman–Crippen LogP) is 2.67. The van der Waals surface area contributed by atoms with Crippen molar-refractivity contribution >= 4 is 12.2 Å². The van der Waals surface area contributed by atoms with Gasteiger partial charge in [0.2, 0.25) is 0 Å². The van der Waals surface area contributed by atoms with Crippen LogP contribution in [0, 0.1) is 0 Å². The van der Waals surface area contributed by atoms with Gasteiger partial charge in [-0.1, -0.05) is 10.2 Å². The molecule has 1 aliphatic carbocycles. The molecule has 6 heteroatoms. The van der Waals surface area contributed by atoms with E-state index in [-0.39, 0.29) is 12.7 Å². The van der Waals surface area contributed by atoms with E-state index < -0.39 is 12.2 Å². The highest BCUT2D eigenvalue weighted by molar-refractivity contribution is 5.73. The van der Waals surface area contributed by atoms with Crippen LogP contribution in [0.15, 0.2) is 10.2 Å². The molecule has 0 aliphatic heterocycles. The van der Waals surface area contributed by atoms with Gasteiger partial charge in [-0.2, -0.15) is 0 Å². The Bertz CT molecular complexity index is 259. The molecule has 0 saturated heterocycles. The lowest BCUT2D eigenvalue weighted by molar-refractivity contribution is 0.108. The Kier molecular flexibility index (Phi) is 4.73. The Labute approximate surface area is 87.6 Å². The second kappa shape index (κ2) is 6.10. The van der Waals surface area contributed by atoms with Gasteiger partial charge in [0.25, 0.3) is 0 Å². The first kappa shape index (κ1) is 11.6. The maximum atomic E-state index is 11.0. The largest absolute Gasteiger partial charge is 0.452 e. The number of amides is 2. The second-order valence-corrected chi connectivity index (χ2v) is 3.19. The van der Waals surface area contributed by atoms with Crippen LogP contribution in [0.3, 0.4) is 0 Å². The summed E-state index contributed by atoms with van der Waals surface area (Å²) in [6, 6.07) is 0. The van der Waals surface area contributed by atoms with Crippen LogP contribution in [-0.2, 0) is 9.47 Å². The predicted molar refractivity (Wildman–Crippen MR) is 50.6 cm³/mol. The fraction of sp³-hybridized carbons (Fsp3) is 0.778. The van der Waals surface area contributed by atoms with E-state index in [0.29, 0.717) is 0 Å². The lowest BCUT2D eigenvalue weighted by Gasteiger charge is -2.06. The number of ether oxygens (including phenoxy) is 2. The molecule has 1 saturated carbocycles. The van der Waals surface area contributed by atoms with E-state index in [4.69, 9.17) is 4.74 Å². The van der Waals surface area contributed by atoms with Crippen LogP contribution < -0.4 is 0 Å². The average Bonchev–Trinajstić information content (AvgIpc) is 2.68. The van der Waals surface area contributed by atoms with Gasteiger partial charge in [-0.05, 0) is 32.6 Å². The molecule has 84 valence electrons. The van der Waals surface area contributed by atoms with Gasteiger partial charge in [0, 0.05) is 0 Å². The van der Waals surface area contributed by atoms with Crippen LogP contribution in [0.2, 0.25) is 0 Å². The number of hydrogen-bond donors (Lipinski definition) is 0. The molecule has 0 aromatic rings. The van der Waals surface area contributed by atoms with Gasteiger partial charge >= 0.3 is 12.2 Å². The van der Waals surface area contributed by atoms with E-state index in [0.717, 1.165) is 25.7 Å². The molecule has 2 amide bonds. The quantitative estimate of drug-likeness (QED) is 0.662. The average molecular weight is 214 g/mol. The topological polar surface area (TPSA) is 77.3 Å². The molecule has 15 heavy (non-hydrogen) atoms. The fourth-order valence-corrected chi connectivity index (χ4v) is 1.41. The molecule has 6 nitrogen and oxygen atoms in total. The molecule has 0 bridgehead atoms. The summed E-state index contributed by atoms with van der Waals surface area (Å²) in [5.74, 6) is 0. The first-order chi connectivity index (χ1) is 7.22. The number of azo groups is 1. The summed E-state index contributed by atoms with van der Waals surface area (Å²) in [5.41, 5.74) is 0. The van der Waals surface area contributed by atoms with E-state index in [1.807, 2.05) is 0 Å². The molecule has 0 heterocycles. The van der Waals surface area contributed by atoms with Crippen LogP contribution in [0.1, 0.15) is 32.6 Å². The highest BCUT2D eigenvalue weighted by Gasteiger charge is 2.19. The van der Waals surface area contributed by atoms with E-state index in [1.54, 1.807) is 6.92 Å². The van der Waals surface area contributed by atoms with Crippen molar-refractivity contribution < 1.29 is 19.1 Å². The molecule has 0 aromatic heterocycles. The second-order valence-electron chi connectivity index (χ2n) is 3.19. The minimum Gasteiger partial charge on any atom is -0.447 e. The Balaban J connectivity index is 2.25. The van der Waals surface area contributed by atoms with Crippen molar-refractivity contribution in [3.8, 4) is 0 Å². The molecule has 1 fully saturated rings. The number of carbonyl (C=O) groups is 2. The van der Waals surface area contributed by atoms with E-state index in [2.05, 4.69) is 15.0 Å². The molecule has 0 unspecified atom stereocenters. The molecule has 0 N–H and O–H groups in total. The summed E-state index contributed by atoms with van der Waals surface area (Å²) >= 11 is 0. The summed E-state index contributed by atoms with van der Waals surface area (Å²) in [7, 11) is 0. The van der Waals surface area contributed by atoms with E-state index >= 15 is 0 Å². The maximum Gasteiger partial charge on any atom is 0.452 e. The van der Waals surface area contributed by atoms with Crippen molar-refractivity contribution in [3.63, 3.8) is 0 Å². The molecule has 0 aromatic carbocycles. The van der Waals surface area contributed by atoms with Crippen molar-refractivity contribution in [3.05, 3.63) is 0 Å². The van der Waals surface area contributed by atoms with Crippen LogP contribution in [0.5, 0.6) is 0 Å². The Morgan fingerprint density at radius 3 is 2.40 bits per heavy atom. The van der Waals surface area contributed by atoms with Crippen molar-refractivity contribution in [2.45, 2.75) is 38.7 Å². The van der Waals surface area contributed by atoms with Crippen molar-refractivity contribution in [2.24, 2.45) is 10.2 Å². The summed E-state index contributed by atoms with van der Waals surface area (Å²) in [6.07, 6.45) is 2.08. The summed E-state index contributed by atoms with van der Waals surface area (Å²) in [4.78, 5) is 21.7. The minimum atomic E-state index is -0.874. The van der Waals surface area contributed by atoms with E-state index in [1.165, 1.54) is 0 Å². The molecule has 0 spiro atoms. The van der Waals surface area contributed by atoms with Crippen molar-refractivity contribution in [1.82, 2.24) is 0 Å². The van der Waals surface area contributed by atoms with Crippen LogP contribution in [0.25, 0.3) is 0 Å². The monoisotopic (exact) mass is 214 g/mol. The SMILES string of the molecule is CCOC(=O)/N=N/C(=O)OC1CCCC1. The zero-order valence-corrected chi connectivity index (χ0v) is 8.64. The fourth-order valence-electron chi connectivity index (χ4n) is 1.41. The molecular weight excluding hydrogens is 200 g/mol. The third-order valence-corrected chi connectivity index (χ3v) is 2.05.